The number of benzene rings is 1. The Bertz CT molecular complexity index is 463. The largest absolute Gasteiger partial charge is 0.295 e. The van der Waals surface area contributed by atoms with Gasteiger partial charge in [0.2, 0.25) is 0 Å². The lowest BCUT2D eigenvalue weighted by Crippen LogP contribution is -1.90. The first-order chi connectivity index (χ1) is 7.70. The first-order valence-corrected chi connectivity index (χ1v) is 2.64. The standard InChI is InChI=1S/C9H10O/c1-7-3-5-9(6-4-7)8(2)10/h3-6H,1-2H3/i1D3,2D,3D,4D,5D. The van der Waals surface area contributed by atoms with Crippen molar-refractivity contribution in [3.05, 3.63) is 35.3 Å². The van der Waals surface area contributed by atoms with Crippen LogP contribution in [0.3, 0.4) is 0 Å². The molecule has 0 amide bonds. The molecule has 1 aromatic carbocycles. The van der Waals surface area contributed by atoms with Gasteiger partial charge in [-0.1, -0.05) is 29.8 Å². The Labute approximate surface area is 70.5 Å². The highest BCUT2D eigenvalue weighted by atomic mass is 16.1. The van der Waals surface area contributed by atoms with E-state index in [4.69, 9.17) is 9.60 Å². The third kappa shape index (κ3) is 1.44. The van der Waals surface area contributed by atoms with Crippen molar-refractivity contribution in [1.29, 1.82) is 0 Å². The summed E-state index contributed by atoms with van der Waals surface area (Å²) in [6.45, 7) is -3.26. The van der Waals surface area contributed by atoms with Gasteiger partial charge in [-0.25, -0.2) is 0 Å². The zero-order valence-corrected chi connectivity index (χ0v) is 5.19. The fraction of sp³-hybridized carbons (Fsp3) is 0.222. The van der Waals surface area contributed by atoms with E-state index < -0.39 is 43.2 Å². The van der Waals surface area contributed by atoms with Crippen molar-refractivity contribution >= 4 is 5.78 Å². The summed E-state index contributed by atoms with van der Waals surface area (Å²) in [6, 6.07) is -0.708. The molecule has 1 aromatic rings. The highest BCUT2D eigenvalue weighted by molar-refractivity contribution is 5.93. The zero-order chi connectivity index (χ0) is 13.4. The van der Waals surface area contributed by atoms with Crippen LogP contribution in [0.15, 0.2) is 24.2 Å². The molecule has 0 aliphatic carbocycles. The second-order valence-corrected chi connectivity index (χ2v) is 1.75. The number of carbonyl (C=O) groups is 1. The summed E-state index contributed by atoms with van der Waals surface area (Å²) in [7, 11) is 0. The molecule has 1 rings (SSSR count). The molecule has 0 N–H and O–H groups in total. The molecule has 0 saturated carbocycles. The van der Waals surface area contributed by atoms with Gasteiger partial charge in [0.15, 0.2) is 5.78 Å². The van der Waals surface area contributed by atoms with Crippen LogP contribution in [0.5, 0.6) is 0 Å². The first kappa shape index (κ1) is 2.19. The molecule has 1 heteroatoms. The van der Waals surface area contributed by atoms with Gasteiger partial charge in [0.25, 0.3) is 0 Å². The number of rotatable bonds is 1. The number of ketones is 1. The van der Waals surface area contributed by atoms with Gasteiger partial charge in [0.1, 0.15) is 0 Å². The highest BCUT2D eigenvalue weighted by Crippen LogP contribution is 2.02. The normalized spacial score (nSPS) is 20.6. The lowest BCUT2D eigenvalue weighted by atomic mass is 10.1. The van der Waals surface area contributed by atoms with Crippen molar-refractivity contribution in [1.82, 2.24) is 0 Å². The Morgan fingerprint density at radius 3 is 3.20 bits per heavy atom. The van der Waals surface area contributed by atoms with E-state index in [1.54, 1.807) is 0 Å². The van der Waals surface area contributed by atoms with Crippen molar-refractivity contribution in [3.63, 3.8) is 0 Å². The van der Waals surface area contributed by atoms with E-state index in [0.29, 0.717) is 0 Å². The van der Waals surface area contributed by atoms with E-state index >= 15 is 0 Å². The Morgan fingerprint density at radius 1 is 1.60 bits per heavy atom. The SMILES string of the molecule is [2H]CC(=O)c1cc([2H])c(C([2H])([2H])[2H])c([2H])c1[2H]. The summed E-state index contributed by atoms with van der Waals surface area (Å²) in [4.78, 5) is 11.3. The second-order valence-electron chi connectivity index (χ2n) is 1.75. The molecule has 0 aromatic heterocycles. The van der Waals surface area contributed by atoms with E-state index in [-0.39, 0.29) is 5.56 Å². The molecule has 10 heavy (non-hydrogen) atoms. The molecule has 0 bridgehead atoms. The topological polar surface area (TPSA) is 17.1 Å². The third-order valence-electron chi connectivity index (χ3n) is 0.983. The smallest absolute Gasteiger partial charge is 0.159 e. The molecule has 0 heterocycles. The minimum absolute atomic E-state index is 0.247. The summed E-state index contributed by atoms with van der Waals surface area (Å²) in [6.07, 6.45) is 0. The van der Waals surface area contributed by atoms with Crippen LogP contribution in [-0.4, -0.2) is 5.78 Å². The molecule has 52 valence electrons. The van der Waals surface area contributed by atoms with Gasteiger partial charge < -0.3 is 0 Å². The molecular formula is C9H10O. The van der Waals surface area contributed by atoms with Crippen molar-refractivity contribution < 1.29 is 14.4 Å². The first-order valence-electron chi connectivity index (χ1n) is 6.34. The van der Waals surface area contributed by atoms with Crippen molar-refractivity contribution in [2.24, 2.45) is 0 Å². The minimum Gasteiger partial charge on any atom is -0.295 e. The summed E-state index contributed by atoms with van der Waals surface area (Å²) in [5.74, 6) is -0.700. The van der Waals surface area contributed by atoms with E-state index in [9.17, 15) is 4.79 Å². The molecule has 0 aliphatic heterocycles. The molecule has 1 nitrogen and oxygen atoms in total. The van der Waals surface area contributed by atoms with E-state index in [1.165, 1.54) is 0 Å². The molecule has 0 aliphatic rings. The Kier molecular flexibility index (Phi) is 0.581. The predicted octanol–water partition coefficient (Wildman–Crippen LogP) is 2.20. The molecule has 0 atom stereocenters. The Hall–Kier alpha value is -1.11. The highest BCUT2D eigenvalue weighted by Gasteiger charge is 1.95. The monoisotopic (exact) mass is 141 g/mol. The lowest BCUT2D eigenvalue weighted by molar-refractivity contribution is 0.101. The van der Waals surface area contributed by atoms with E-state index in [2.05, 4.69) is 0 Å². The van der Waals surface area contributed by atoms with Crippen LogP contribution in [0.4, 0.5) is 0 Å². The fourth-order valence-corrected chi connectivity index (χ4v) is 0.497. The Morgan fingerprint density at radius 2 is 2.50 bits per heavy atom. The predicted molar refractivity (Wildman–Crippen MR) is 41.2 cm³/mol. The van der Waals surface area contributed by atoms with Gasteiger partial charge in [-0.15, -0.1) is 0 Å². The second kappa shape index (κ2) is 2.65. The zero-order valence-electron chi connectivity index (χ0n) is 12.2. The van der Waals surface area contributed by atoms with Crippen LogP contribution in [0, 0.1) is 6.85 Å². The van der Waals surface area contributed by atoms with Crippen LogP contribution >= 0.6 is 0 Å². The van der Waals surface area contributed by atoms with Gasteiger partial charge in [0.05, 0.1) is 4.11 Å². The molecule has 0 radical (unpaired) electrons. The van der Waals surface area contributed by atoms with Gasteiger partial charge >= 0.3 is 0 Å². The molecular weight excluding hydrogens is 124 g/mol. The maximum absolute atomic E-state index is 11.3. The summed E-state index contributed by atoms with van der Waals surface area (Å²) >= 11 is 0. The Balaban J connectivity index is 3.53. The third-order valence-corrected chi connectivity index (χ3v) is 0.983. The maximum Gasteiger partial charge on any atom is 0.159 e. The summed E-state index contributed by atoms with van der Waals surface area (Å²) < 4.78 is 50.9. The van der Waals surface area contributed by atoms with E-state index in [0.717, 1.165) is 6.07 Å². The van der Waals surface area contributed by atoms with Crippen LogP contribution in [0.2, 0.25) is 0 Å². The number of hydrogen-bond donors (Lipinski definition) is 0. The van der Waals surface area contributed by atoms with Crippen LogP contribution in [-0.2, 0) is 0 Å². The fourth-order valence-electron chi connectivity index (χ4n) is 0.497. The summed E-state index contributed by atoms with van der Waals surface area (Å²) in [5, 5.41) is 0. The van der Waals surface area contributed by atoms with Crippen LogP contribution in [0.1, 0.15) is 32.4 Å². The van der Waals surface area contributed by atoms with Gasteiger partial charge in [-0.3, -0.25) is 4.79 Å². The van der Waals surface area contributed by atoms with E-state index in [1.807, 2.05) is 0 Å². The summed E-state index contributed by atoms with van der Waals surface area (Å²) in [5.41, 5.74) is -0.785. The van der Waals surface area contributed by atoms with Gasteiger partial charge in [-0.2, -0.15) is 0 Å². The maximum atomic E-state index is 11.3. The number of carbonyl (C=O) groups excluding carboxylic acids is 1. The van der Waals surface area contributed by atoms with Crippen LogP contribution in [0.25, 0.3) is 0 Å². The molecule has 0 saturated heterocycles. The molecule has 0 unspecified atom stereocenters. The van der Waals surface area contributed by atoms with Crippen molar-refractivity contribution in [3.8, 4) is 0 Å². The van der Waals surface area contributed by atoms with Crippen molar-refractivity contribution in [2.75, 3.05) is 0 Å². The number of Topliss-reactive ketones (excluding diaryl/α,β-unsaturated/α-hetero) is 1. The number of hydrogen-bond acceptors (Lipinski definition) is 1. The van der Waals surface area contributed by atoms with Crippen LogP contribution < -0.4 is 0 Å². The van der Waals surface area contributed by atoms with Gasteiger partial charge in [-0.05, 0) is 13.8 Å². The quantitative estimate of drug-likeness (QED) is 0.548. The van der Waals surface area contributed by atoms with Gasteiger partial charge in [0, 0.05) is 11.0 Å². The minimum atomic E-state index is -2.66. The molecule has 0 spiro atoms. The molecule has 0 fully saturated rings. The average molecular weight is 141 g/mol. The average Bonchev–Trinajstić information content (AvgIpc) is 2.20. The lowest BCUT2D eigenvalue weighted by Gasteiger charge is -1.93. The van der Waals surface area contributed by atoms with Crippen molar-refractivity contribution in [2.45, 2.75) is 13.8 Å².